The lowest BCUT2D eigenvalue weighted by Crippen LogP contribution is -2.53. The van der Waals surface area contributed by atoms with Crippen LogP contribution in [0.5, 0.6) is 23.0 Å². The number of hydrogen-bond donors (Lipinski definition) is 2. The highest BCUT2D eigenvalue weighted by Gasteiger charge is 2.70. The zero-order valence-electron chi connectivity index (χ0n) is 36.0. The number of imide groups is 2. The van der Waals surface area contributed by atoms with E-state index in [0.29, 0.717) is 44.5 Å². The second kappa shape index (κ2) is 16.9. The number of fused-ring (bicyclic) bond motifs is 4. The lowest BCUT2D eigenvalue weighted by atomic mass is 9.49. The van der Waals surface area contributed by atoms with E-state index >= 15 is 9.59 Å². The minimum atomic E-state index is -1.65. The first kappa shape index (κ1) is 43.4. The quantitative estimate of drug-likeness (QED) is 0.0742. The molecule has 9 rings (SSSR count). The van der Waals surface area contributed by atoms with Crippen molar-refractivity contribution in [2.24, 2.45) is 33.9 Å². The average molecular weight is 916 g/mol. The minimum absolute atomic E-state index is 0.0424. The monoisotopic (exact) mass is 914 g/mol. The molecule has 0 bridgehead atoms. The Hall–Kier alpha value is -6.90. The Labute approximate surface area is 385 Å². The number of methoxy groups -OCH3 is 3. The Bertz CT molecular complexity index is 2770. The highest BCUT2D eigenvalue weighted by atomic mass is 35.5. The summed E-state index contributed by atoms with van der Waals surface area (Å²) in [5.41, 5.74) is 5.88. The molecule has 6 unspecified atom stereocenters. The second-order valence-corrected chi connectivity index (χ2v) is 17.5. The molecular weight excluding hydrogens is 871 g/mol. The first-order chi connectivity index (χ1) is 31.3. The van der Waals surface area contributed by atoms with Crippen LogP contribution >= 0.6 is 23.2 Å². The van der Waals surface area contributed by atoms with E-state index in [2.05, 4.69) is 15.7 Å². The zero-order chi connectivity index (χ0) is 45.9. The van der Waals surface area contributed by atoms with Crippen molar-refractivity contribution in [2.45, 2.75) is 24.2 Å². The Morgan fingerprint density at radius 1 is 0.754 bits per heavy atom. The minimum Gasteiger partial charge on any atom is -0.502 e. The maximum Gasteiger partial charge on any atom is 0.260 e. The van der Waals surface area contributed by atoms with Gasteiger partial charge < -0.3 is 24.2 Å². The number of benzene rings is 5. The molecule has 0 radical (unpaired) electrons. The van der Waals surface area contributed by atoms with Crippen LogP contribution in [-0.2, 0) is 24.6 Å². The van der Waals surface area contributed by atoms with Crippen LogP contribution in [0.2, 0.25) is 10.0 Å². The molecule has 2 N–H and O–H groups in total. The second-order valence-electron chi connectivity index (χ2n) is 16.6. The van der Waals surface area contributed by atoms with E-state index in [1.807, 2.05) is 49.3 Å². The third-order valence-electron chi connectivity index (χ3n) is 13.2. The molecule has 3 fully saturated rings. The van der Waals surface area contributed by atoms with Gasteiger partial charge in [0.05, 0.1) is 72.3 Å². The molecule has 4 amide bonds. The van der Waals surface area contributed by atoms with Gasteiger partial charge in [-0.1, -0.05) is 47.0 Å². The highest BCUT2D eigenvalue weighted by molar-refractivity contribution is 6.36. The molecule has 5 aromatic rings. The predicted octanol–water partition coefficient (Wildman–Crippen LogP) is 9.40. The number of carbonyl (C=O) groups is 4. The van der Waals surface area contributed by atoms with E-state index in [9.17, 15) is 14.7 Å². The van der Waals surface area contributed by atoms with Crippen molar-refractivity contribution in [1.29, 1.82) is 0 Å². The fourth-order valence-corrected chi connectivity index (χ4v) is 10.6. The molecule has 14 nitrogen and oxygen atoms in total. The molecule has 4 aliphatic rings. The number of phenolic OH excluding ortho intramolecular Hbond substituents is 1. The van der Waals surface area contributed by atoms with Crippen molar-refractivity contribution < 1.29 is 38.5 Å². The summed E-state index contributed by atoms with van der Waals surface area (Å²) in [6.07, 6.45) is 2.17. The van der Waals surface area contributed by atoms with Gasteiger partial charge in [0.1, 0.15) is 5.75 Å². The van der Waals surface area contributed by atoms with Gasteiger partial charge in [-0.15, -0.1) is 0 Å². The van der Waals surface area contributed by atoms with Crippen LogP contribution in [-0.4, -0.2) is 69.2 Å². The number of amides is 4. The van der Waals surface area contributed by atoms with Gasteiger partial charge in [-0.05, 0) is 121 Å². The topological polar surface area (TPSA) is 163 Å². The third-order valence-corrected chi connectivity index (χ3v) is 13.7. The summed E-state index contributed by atoms with van der Waals surface area (Å²) in [5, 5.41) is 21.4. The molecular formula is C49H44Cl2N6O8. The number of azo groups is 1. The SMILES string of the molecule is COc1ccc(C23C(=O)N(Nc4ccc(Cl)cc4Cl)C(=O)C2CC2C(=CCC4C(=O)N(c5ccc(N=Nc6ccc(N(C)C)cc6)cc5)C(=O)C42)C3c2cc(OC)c(O)c(OC)c2)cc1. The van der Waals surface area contributed by atoms with E-state index in [4.69, 9.17) is 37.4 Å². The van der Waals surface area contributed by atoms with Crippen molar-refractivity contribution in [2.75, 3.05) is 50.7 Å². The van der Waals surface area contributed by atoms with Gasteiger partial charge in [0, 0.05) is 30.7 Å². The van der Waals surface area contributed by atoms with Gasteiger partial charge in [-0.25, -0.2) is 0 Å². The van der Waals surface area contributed by atoms with Gasteiger partial charge in [0.15, 0.2) is 11.5 Å². The molecule has 332 valence electrons. The van der Waals surface area contributed by atoms with Gasteiger partial charge in [0.2, 0.25) is 17.6 Å². The van der Waals surface area contributed by atoms with Crippen molar-refractivity contribution in [3.63, 3.8) is 0 Å². The summed E-state index contributed by atoms with van der Waals surface area (Å²) in [6, 6.07) is 29.2. The number of allylic oxidation sites excluding steroid dienone is 2. The fourth-order valence-electron chi connectivity index (χ4n) is 10.2. The number of phenols is 1. The molecule has 2 aliphatic heterocycles. The lowest BCUT2D eigenvalue weighted by molar-refractivity contribution is -0.138. The van der Waals surface area contributed by atoms with E-state index in [0.717, 1.165) is 10.7 Å². The van der Waals surface area contributed by atoms with Crippen LogP contribution in [0, 0.1) is 23.7 Å². The molecule has 65 heavy (non-hydrogen) atoms. The number of ether oxygens (including phenoxy) is 3. The van der Waals surface area contributed by atoms with Crippen molar-refractivity contribution >= 4 is 75.3 Å². The Morgan fingerprint density at radius 2 is 1.38 bits per heavy atom. The van der Waals surface area contributed by atoms with Crippen LogP contribution in [0.3, 0.4) is 0 Å². The summed E-state index contributed by atoms with van der Waals surface area (Å²) < 4.78 is 16.8. The Morgan fingerprint density at radius 3 is 1.97 bits per heavy atom. The number of halogens is 2. The van der Waals surface area contributed by atoms with Crippen LogP contribution in [0.4, 0.5) is 28.4 Å². The molecule has 0 spiro atoms. The van der Waals surface area contributed by atoms with E-state index in [1.54, 1.807) is 72.8 Å². The van der Waals surface area contributed by atoms with Gasteiger partial charge in [-0.2, -0.15) is 15.2 Å². The molecule has 2 aliphatic carbocycles. The van der Waals surface area contributed by atoms with Crippen molar-refractivity contribution in [1.82, 2.24) is 5.01 Å². The van der Waals surface area contributed by atoms with E-state index in [1.165, 1.54) is 32.3 Å². The Balaban J connectivity index is 1.15. The molecule has 6 atom stereocenters. The van der Waals surface area contributed by atoms with Crippen molar-refractivity contribution in [3.8, 4) is 23.0 Å². The number of hydrazine groups is 1. The summed E-state index contributed by atoms with van der Waals surface area (Å²) in [7, 11) is 8.24. The summed E-state index contributed by atoms with van der Waals surface area (Å²) in [5.74, 6) is -5.84. The average Bonchev–Trinajstić information content (AvgIpc) is 3.69. The number of rotatable bonds is 11. The highest BCUT2D eigenvalue weighted by Crippen LogP contribution is 2.65. The maximum absolute atomic E-state index is 15.7. The number of anilines is 3. The van der Waals surface area contributed by atoms with Gasteiger partial charge >= 0.3 is 0 Å². The molecule has 1 saturated carbocycles. The Kier molecular flexibility index (Phi) is 11.3. The number of nitrogens with zero attached hydrogens (tertiary/aromatic N) is 5. The lowest BCUT2D eigenvalue weighted by Gasteiger charge is -2.50. The van der Waals surface area contributed by atoms with E-state index in [-0.39, 0.29) is 46.7 Å². The first-order valence-electron chi connectivity index (χ1n) is 20.9. The molecule has 16 heteroatoms. The molecule has 2 heterocycles. The van der Waals surface area contributed by atoms with Crippen molar-refractivity contribution in [3.05, 3.63) is 136 Å². The molecule has 5 aromatic carbocycles. The first-order valence-corrected chi connectivity index (χ1v) is 21.6. The number of hydrogen-bond acceptors (Lipinski definition) is 12. The largest absolute Gasteiger partial charge is 0.502 e. The summed E-state index contributed by atoms with van der Waals surface area (Å²) >= 11 is 12.8. The molecule has 2 saturated heterocycles. The number of carbonyl (C=O) groups excluding carboxylic acids is 4. The summed E-state index contributed by atoms with van der Waals surface area (Å²) in [6.45, 7) is 0. The smallest absolute Gasteiger partial charge is 0.260 e. The standard InChI is InChI=1S/C49H44Cl2N6O8/c1-55(2)31-13-9-29(10-14-31)52-53-30-11-15-32(16-12-30)56-45(59)35-20-19-34-36(42(35)47(56)61)25-37-46(60)57(54-39-21-8-28(50)24-38(39)51)48(62)49(37,27-6-17-33(63-3)18-7-27)43(34)26-22-40(64-4)44(58)41(23-26)65-5/h6-19,21-24,35-37,42-43,54,58H,20,25H2,1-5H3. The normalized spacial score (nSPS) is 23.6. The van der Waals surface area contributed by atoms with E-state index < -0.39 is 52.7 Å². The van der Waals surface area contributed by atoms with Gasteiger partial charge in [-0.3, -0.25) is 29.5 Å². The summed E-state index contributed by atoms with van der Waals surface area (Å²) in [4.78, 5) is 63.5. The fraction of sp³-hybridized carbons (Fsp3) is 0.265. The zero-order valence-corrected chi connectivity index (χ0v) is 37.5. The third kappa shape index (κ3) is 7.11. The number of nitrogens with one attached hydrogen (secondary N) is 1. The van der Waals surface area contributed by atoms with Gasteiger partial charge in [0.25, 0.3) is 11.8 Å². The maximum atomic E-state index is 15.7. The molecule has 0 aromatic heterocycles. The number of aromatic hydroxyl groups is 1. The van der Waals surface area contributed by atoms with Crippen LogP contribution in [0.1, 0.15) is 29.9 Å². The van der Waals surface area contributed by atoms with Crippen LogP contribution in [0.15, 0.2) is 125 Å². The van der Waals surface area contributed by atoms with Crippen LogP contribution in [0.25, 0.3) is 0 Å². The predicted molar refractivity (Wildman–Crippen MR) is 246 cm³/mol. The van der Waals surface area contributed by atoms with Crippen LogP contribution < -0.4 is 29.4 Å².